The highest BCUT2D eigenvalue weighted by Gasteiger charge is 2.08. The van der Waals surface area contributed by atoms with Crippen molar-refractivity contribution in [2.24, 2.45) is 11.5 Å². The smallest absolute Gasteiger partial charge is 0.127 e. The third-order valence-electron chi connectivity index (χ3n) is 1.85. The molecule has 0 aliphatic rings. The first-order chi connectivity index (χ1) is 6.22. The minimum Gasteiger partial charge on any atom is -0.496 e. The molecule has 0 fully saturated rings. The normalized spacial score (nSPS) is 10.2. The summed E-state index contributed by atoms with van der Waals surface area (Å²) in [5.41, 5.74) is 13.1. The number of rotatable bonds is 3. The first kappa shape index (κ1) is 10.5. The monoisotopic (exact) mass is 244 g/mol. The highest BCUT2D eigenvalue weighted by Crippen LogP contribution is 2.27. The molecule has 0 amide bonds. The Morgan fingerprint density at radius 1 is 1.23 bits per heavy atom. The van der Waals surface area contributed by atoms with E-state index in [1.807, 2.05) is 12.1 Å². The summed E-state index contributed by atoms with van der Waals surface area (Å²) in [4.78, 5) is 0. The Labute approximate surface area is 86.2 Å². The molecule has 1 aromatic carbocycles. The summed E-state index contributed by atoms with van der Waals surface area (Å²) < 4.78 is 6.21. The summed E-state index contributed by atoms with van der Waals surface area (Å²) in [6, 6.07) is 3.88. The fourth-order valence-electron chi connectivity index (χ4n) is 1.28. The Morgan fingerprint density at radius 2 is 1.69 bits per heavy atom. The molecule has 13 heavy (non-hydrogen) atoms. The van der Waals surface area contributed by atoms with E-state index in [2.05, 4.69) is 15.9 Å². The molecule has 0 aliphatic heterocycles. The Kier molecular flexibility index (Phi) is 3.71. The number of hydrogen-bond donors (Lipinski definition) is 2. The molecule has 0 unspecified atom stereocenters. The summed E-state index contributed by atoms with van der Waals surface area (Å²) in [5.74, 6) is 0.799. The SMILES string of the molecule is COc1c(CN)cc(Br)cc1CN. The van der Waals surface area contributed by atoms with E-state index in [9.17, 15) is 0 Å². The number of benzene rings is 1. The molecule has 0 aromatic heterocycles. The molecular formula is C9H13BrN2O. The van der Waals surface area contributed by atoms with Crippen LogP contribution in [0.3, 0.4) is 0 Å². The average molecular weight is 245 g/mol. The number of ether oxygens (including phenoxy) is 1. The fraction of sp³-hybridized carbons (Fsp3) is 0.333. The van der Waals surface area contributed by atoms with Crippen molar-refractivity contribution in [2.45, 2.75) is 13.1 Å². The molecule has 3 nitrogen and oxygen atoms in total. The van der Waals surface area contributed by atoms with Gasteiger partial charge >= 0.3 is 0 Å². The van der Waals surface area contributed by atoms with Crippen molar-refractivity contribution < 1.29 is 4.74 Å². The predicted molar refractivity (Wildman–Crippen MR) is 56.5 cm³/mol. The van der Waals surface area contributed by atoms with Gasteiger partial charge < -0.3 is 16.2 Å². The number of methoxy groups -OCH3 is 1. The van der Waals surface area contributed by atoms with Crippen molar-refractivity contribution in [3.8, 4) is 5.75 Å². The first-order valence-electron chi connectivity index (χ1n) is 3.98. The molecule has 1 aromatic rings. The van der Waals surface area contributed by atoms with Crippen molar-refractivity contribution in [1.82, 2.24) is 0 Å². The van der Waals surface area contributed by atoms with E-state index < -0.39 is 0 Å². The maximum absolute atomic E-state index is 5.58. The zero-order valence-corrected chi connectivity index (χ0v) is 9.10. The number of halogens is 1. The van der Waals surface area contributed by atoms with Gasteiger partial charge in [-0.1, -0.05) is 15.9 Å². The Balaban J connectivity index is 3.25. The summed E-state index contributed by atoms with van der Waals surface area (Å²) in [6.45, 7) is 0.908. The van der Waals surface area contributed by atoms with Crippen LogP contribution in [-0.2, 0) is 13.1 Å². The van der Waals surface area contributed by atoms with Gasteiger partial charge in [0.15, 0.2) is 0 Å². The predicted octanol–water partition coefficient (Wildman–Crippen LogP) is 1.38. The standard InChI is InChI=1S/C9H13BrN2O/c1-13-9-6(4-11)2-8(10)3-7(9)5-12/h2-3H,4-5,11-12H2,1H3. The largest absolute Gasteiger partial charge is 0.496 e. The fourth-order valence-corrected chi connectivity index (χ4v) is 1.83. The summed E-state index contributed by atoms with van der Waals surface area (Å²) >= 11 is 3.39. The maximum Gasteiger partial charge on any atom is 0.127 e. The molecule has 0 heterocycles. The van der Waals surface area contributed by atoms with Crippen LogP contribution >= 0.6 is 15.9 Å². The minimum atomic E-state index is 0.454. The number of hydrogen-bond acceptors (Lipinski definition) is 3. The molecule has 0 radical (unpaired) electrons. The van der Waals surface area contributed by atoms with Crippen LogP contribution in [-0.4, -0.2) is 7.11 Å². The zero-order valence-electron chi connectivity index (χ0n) is 7.51. The molecule has 1 rings (SSSR count). The van der Waals surface area contributed by atoms with Gasteiger partial charge in [0, 0.05) is 28.7 Å². The average Bonchev–Trinajstić information content (AvgIpc) is 2.16. The van der Waals surface area contributed by atoms with Gasteiger partial charge in [0.25, 0.3) is 0 Å². The maximum atomic E-state index is 5.58. The highest BCUT2D eigenvalue weighted by molar-refractivity contribution is 9.10. The Hall–Kier alpha value is -0.580. The van der Waals surface area contributed by atoms with Gasteiger partial charge in [0.05, 0.1) is 7.11 Å². The van der Waals surface area contributed by atoms with Gasteiger partial charge in [0.1, 0.15) is 5.75 Å². The third-order valence-corrected chi connectivity index (χ3v) is 2.31. The van der Waals surface area contributed by atoms with Crippen LogP contribution in [0.5, 0.6) is 5.75 Å². The van der Waals surface area contributed by atoms with Gasteiger partial charge in [-0.2, -0.15) is 0 Å². The lowest BCUT2D eigenvalue weighted by Crippen LogP contribution is -2.05. The third kappa shape index (κ3) is 2.21. The Morgan fingerprint density at radius 3 is 2.00 bits per heavy atom. The molecule has 72 valence electrons. The highest BCUT2D eigenvalue weighted by atomic mass is 79.9. The topological polar surface area (TPSA) is 61.3 Å². The van der Waals surface area contributed by atoms with E-state index in [0.29, 0.717) is 13.1 Å². The molecule has 0 spiro atoms. The van der Waals surface area contributed by atoms with Crippen molar-refractivity contribution in [3.63, 3.8) is 0 Å². The van der Waals surface area contributed by atoms with Crippen LogP contribution in [0, 0.1) is 0 Å². The number of nitrogens with two attached hydrogens (primary N) is 2. The van der Waals surface area contributed by atoms with Crippen molar-refractivity contribution in [2.75, 3.05) is 7.11 Å². The molecule has 0 atom stereocenters. The van der Waals surface area contributed by atoms with Gasteiger partial charge in [-0.3, -0.25) is 0 Å². The van der Waals surface area contributed by atoms with Crippen LogP contribution in [0.2, 0.25) is 0 Å². The molecule has 4 N–H and O–H groups in total. The molecule has 4 heteroatoms. The second-order valence-corrected chi connectivity index (χ2v) is 3.58. The quantitative estimate of drug-likeness (QED) is 0.845. The van der Waals surface area contributed by atoms with Crippen LogP contribution in [0.4, 0.5) is 0 Å². The van der Waals surface area contributed by atoms with E-state index in [1.54, 1.807) is 7.11 Å². The van der Waals surface area contributed by atoms with Crippen LogP contribution in [0.25, 0.3) is 0 Å². The summed E-state index contributed by atoms with van der Waals surface area (Å²) in [7, 11) is 1.63. The van der Waals surface area contributed by atoms with Crippen molar-refractivity contribution >= 4 is 15.9 Å². The van der Waals surface area contributed by atoms with Gasteiger partial charge in [-0.15, -0.1) is 0 Å². The van der Waals surface area contributed by atoms with E-state index in [1.165, 1.54) is 0 Å². The second-order valence-electron chi connectivity index (χ2n) is 2.67. The summed E-state index contributed by atoms with van der Waals surface area (Å²) in [5, 5.41) is 0. The molecule has 0 aliphatic carbocycles. The van der Waals surface area contributed by atoms with Crippen molar-refractivity contribution in [3.05, 3.63) is 27.7 Å². The van der Waals surface area contributed by atoms with Crippen LogP contribution in [0.1, 0.15) is 11.1 Å². The van der Waals surface area contributed by atoms with Gasteiger partial charge in [-0.05, 0) is 12.1 Å². The van der Waals surface area contributed by atoms with E-state index in [4.69, 9.17) is 16.2 Å². The molecule has 0 bridgehead atoms. The molecule has 0 saturated heterocycles. The van der Waals surface area contributed by atoms with E-state index in [0.717, 1.165) is 21.3 Å². The first-order valence-corrected chi connectivity index (χ1v) is 4.77. The summed E-state index contributed by atoms with van der Waals surface area (Å²) in [6.07, 6.45) is 0. The van der Waals surface area contributed by atoms with E-state index in [-0.39, 0.29) is 0 Å². The minimum absolute atomic E-state index is 0.454. The van der Waals surface area contributed by atoms with Gasteiger partial charge in [0.2, 0.25) is 0 Å². The van der Waals surface area contributed by atoms with Crippen molar-refractivity contribution in [1.29, 1.82) is 0 Å². The van der Waals surface area contributed by atoms with Gasteiger partial charge in [-0.25, -0.2) is 0 Å². The van der Waals surface area contributed by atoms with Crippen LogP contribution in [0.15, 0.2) is 16.6 Å². The lowest BCUT2D eigenvalue weighted by Gasteiger charge is -2.11. The Bertz CT molecular complexity index is 277. The lowest BCUT2D eigenvalue weighted by molar-refractivity contribution is 0.404. The second kappa shape index (κ2) is 4.60. The van der Waals surface area contributed by atoms with E-state index >= 15 is 0 Å². The zero-order chi connectivity index (χ0) is 9.84. The molecule has 0 saturated carbocycles. The lowest BCUT2D eigenvalue weighted by atomic mass is 10.1. The van der Waals surface area contributed by atoms with Crippen LogP contribution < -0.4 is 16.2 Å². The molecular weight excluding hydrogens is 232 g/mol.